The minimum Gasteiger partial charge on any atom is -0.481 e. The van der Waals surface area contributed by atoms with Crippen molar-refractivity contribution in [3.63, 3.8) is 0 Å². The van der Waals surface area contributed by atoms with Crippen LogP contribution < -0.4 is 5.32 Å². The molecule has 0 radical (unpaired) electrons. The number of likely N-dealkylation sites (N-methyl/N-ethyl adjacent to an activating group) is 1. The van der Waals surface area contributed by atoms with Gasteiger partial charge >= 0.3 is 5.97 Å². The molecule has 0 bridgehead atoms. The zero-order chi connectivity index (χ0) is 15.1. The van der Waals surface area contributed by atoms with E-state index in [-0.39, 0.29) is 43.6 Å². The Morgan fingerprint density at radius 1 is 1.32 bits per heavy atom. The van der Waals surface area contributed by atoms with E-state index in [4.69, 9.17) is 5.11 Å². The first-order valence-corrected chi connectivity index (χ1v) is 7.79. The Balaban J connectivity index is 4.48. The molecule has 0 saturated heterocycles. The van der Waals surface area contributed by atoms with Crippen molar-refractivity contribution >= 4 is 21.9 Å². The maximum atomic E-state index is 11.9. The Kier molecular flexibility index (Phi) is 7.62. The summed E-state index contributed by atoms with van der Waals surface area (Å²) >= 11 is 0. The van der Waals surface area contributed by atoms with E-state index in [1.54, 1.807) is 20.8 Å². The minimum atomic E-state index is -3.59. The van der Waals surface area contributed by atoms with Crippen molar-refractivity contribution in [2.75, 3.05) is 18.8 Å². The van der Waals surface area contributed by atoms with Gasteiger partial charge in [0.25, 0.3) is 0 Å². The highest BCUT2D eigenvalue weighted by atomic mass is 32.2. The van der Waals surface area contributed by atoms with Crippen molar-refractivity contribution in [2.24, 2.45) is 0 Å². The van der Waals surface area contributed by atoms with Gasteiger partial charge in [-0.15, -0.1) is 0 Å². The summed E-state index contributed by atoms with van der Waals surface area (Å²) in [6.45, 7) is 5.16. The highest BCUT2D eigenvalue weighted by molar-refractivity contribution is 7.89. The smallest absolute Gasteiger partial charge is 0.303 e. The number of carboxylic acid groups (broad SMARTS) is 1. The van der Waals surface area contributed by atoms with E-state index in [1.807, 2.05) is 0 Å². The Bertz CT molecular complexity index is 405. The second-order valence-corrected chi connectivity index (χ2v) is 6.55. The van der Waals surface area contributed by atoms with Crippen molar-refractivity contribution in [1.82, 2.24) is 9.62 Å². The lowest BCUT2D eigenvalue weighted by molar-refractivity contribution is -0.137. The average molecular weight is 294 g/mol. The second kappa shape index (κ2) is 8.11. The van der Waals surface area contributed by atoms with Gasteiger partial charge in [-0.3, -0.25) is 9.59 Å². The number of carbonyl (C=O) groups is 2. The van der Waals surface area contributed by atoms with Crippen LogP contribution in [0.4, 0.5) is 0 Å². The van der Waals surface area contributed by atoms with Crippen LogP contribution in [-0.2, 0) is 19.6 Å². The molecule has 1 amide bonds. The molecule has 0 aromatic rings. The van der Waals surface area contributed by atoms with Crippen molar-refractivity contribution in [2.45, 2.75) is 39.7 Å². The van der Waals surface area contributed by atoms with E-state index in [1.165, 1.54) is 0 Å². The number of aliphatic carboxylic acids is 1. The summed E-state index contributed by atoms with van der Waals surface area (Å²) in [7, 11) is -3.59. The third kappa shape index (κ3) is 7.78. The number of carbonyl (C=O) groups excluding carboxylic acids is 1. The van der Waals surface area contributed by atoms with Crippen LogP contribution in [-0.4, -0.2) is 54.6 Å². The van der Waals surface area contributed by atoms with Gasteiger partial charge < -0.3 is 10.4 Å². The van der Waals surface area contributed by atoms with Gasteiger partial charge in [0, 0.05) is 19.0 Å². The fourth-order valence-corrected chi connectivity index (χ4v) is 2.94. The summed E-state index contributed by atoms with van der Waals surface area (Å²) in [5, 5.41) is 11.1. The molecule has 0 spiro atoms. The molecule has 0 saturated carbocycles. The van der Waals surface area contributed by atoms with Crippen molar-refractivity contribution in [1.29, 1.82) is 0 Å². The van der Waals surface area contributed by atoms with E-state index >= 15 is 0 Å². The lowest BCUT2D eigenvalue weighted by Crippen LogP contribution is -2.43. The number of amides is 1. The predicted octanol–water partition coefficient (Wildman–Crippen LogP) is 0.0275. The number of carboxylic acids is 1. The van der Waals surface area contributed by atoms with Gasteiger partial charge in [0.2, 0.25) is 15.9 Å². The molecule has 2 N–H and O–H groups in total. The molecule has 0 heterocycles. The first-order chi connectivity index (χ1) is 8.69. The predicted molar refractivity (Wildman–Crippen MR) is 71.2 cm³/mol. The van der Waals surface area contributed by atoms with Gasteiger partial charge in [-0.25, -0.2) is 8.42 Å². The summed E-state index contributed by atoms with van der Waals surface area (Å²) < 4.78 is 24.9. The van der Waals surface area contributed by atoms with Gasteiger partial charge in [-0.05, 0) is 20.3 Å². The molecule has 19 heavy (non-hydrogen) atoms. The van der Waals surface area contributed by atoms with Crippen LogP contribution >= 0.6 is 0 Å². The van der Waals surface area contributed by atoms with Crippen molar-refractivity contribution < 1.29 is 23.1 Å². The Labute approximate surface area is 114 Å². The Hall–Kier alpha value is -1.15. The van der Waals surface area contributed by atoms with Gasteiger partial charge in [0.1, 0.15) is 0 Å². The summed E-state index contributed by atoms with van der Waals surface area (Å²) in [6.07, 6.45) is -0.158. The second-order valence-electron chi connectivity index (χ2n) is 4.46. The highest BCUT2D eigenvalue weighted by Gasteiger charge is 2.23. The fraction of sp³-hybridized carbons (Fsp3) is 0.818. The average Bonchev–Trinajstić information content (AvgIpc) is 2.23. The molecular formula is C11H22N2O5S. The topological polar surface area (TPSA) is 104 Å². The molecule has 0 aliphatic carbocycles. The molecule has 0 aromatic heterocycles. The summed E-state index contributed by atoms with van der Waals surface area (Å²) in [4.78, 5) is 21.9. The normalized spacial score (nSPS) is 11.8. The van der Waals surface area contributed by atoms with Crippen molar-refractivity contribution in [3.05, 3.63) is 0 Å². The molecule has 0 fully saturated rings. The molecule has 0 atom stereocenters. The molecule has 7 nitrogen and oxygen atoms in total. The summed E-state index contributed by atoms with van der Waals surface area (Å²) in [6, 6.07) is -0.0547. The monoisotopic (exact) mass is 294 g/mol. The van der Waals surface area contributed by atoms with Crippen molar-refractivity contribution in [3.8, 4) is 0 Å². The standard InChI is InChI=1S/C11H22N2O5S/c1-4-13(8-10(14)12-9(2)3)19(17,18)7-5-6-11(15)16/h9H,4-8H2,1-3H3,(H,12,14)(H,15,16). The lowest BCUT2D eigenvalue weighted by atomic mass is 10.3. The summed E-state index contributed by atoms with van der Waals surface area (Å²) in [5.41, 5.74) is 0. The molecule has 0 aliphatic heterocycles. The maximum Gasteiger partial charge on any atom is 0.303 e. The quantitative estimate of drug-likeness (QED) is 0.624. The minimum absolute atomic E-state index is 0.0416. The number of sulfonamides is 1. The third-order valence-electron chi connectivity index (χ3n) is 2.31. The summed E-state index contributed by atoms with van der Waals surface area (Å²) in [5.74, 6) is -1.66. The van der Waals surface area contributed by atoms with E-state index in [2.05, 4.69) is 5.32 Å². The van der Waals surface area contributed by atoms with Gasteiger partial charge in [-0.2, -0.15) is 4.31 Å². The zero-order valence-corrected chi connectivity index (χ0v) is 12.4. The Morgan fingerprint density at radius 3 is 2.32 bits per heavy atom. The van der Waals surface area contributed by atoms with E-state index in [0.29, 0.717) is 0 Å². The van der Waals surface area contributed by atoms with E-state index < -0.39 is 16.0 Å². The number of nitrogens with zero attached hydrogens (tertiary/aromatic N) is 1. The van der Waals surface area contributed by atoms with Crippen LogP contribution in [0.3, 0.4) is 0 Å². The van der Waals surface area contributed by atoms with Crippen LogP contribution in [0.25, 0.3) is 0 Å². The largest absolute Gasteiger partial charge is 0.481 e. The van der Waals surface area contributed by atoms with Crippen LogP contribution in [0.15, 0.2) is 0 Å². The fourth-order valence-electron chi connectivity index (χ4n) is 1.47. The Morgan fingerprint density at radius 2 is 1.89 bits per heavy atom. The first kappa shape index (κ1) is 17.8. The zero-order valence-electron chi connectivity index (χ0n) is 11.5. The number of nitrogens with one attached hydrogen (secondary N) is 1. The molecule has 0 aliphatic rings. The number of hydrogen-bond donors (Lipinski definition) is 2. The van der Waals surface area contributed by atoms with Crippen LogP contribution in [0.2, 0.25) is 0 Å². The van der Waals surface area contributed by atoms with Crippen LogP contribution in [0, 0.1) is 0 Å². The highest BCUT2D eigenvalue weighted by Crippen LogP contribution is 2.05. The molecule has 8 heteroatoms. The number of rotatable bonds is 9. The first-order valence-electron chi connectivity index (χ1n) is 6.18. The molecule has 112 valence electrons. The van der Waals surface area contributed by atoms with Crippen LogP contribution in [0.1, 0.15) is 33.6 Å². The molecular weight excluding hydrogens is 272 g/mol. The van der Waals surface area contributed by atoms with Gasteiger partial charge in [0.15, 0.2) is 0 Å². The van der Waals surface area contributed by atoms with Gasteiger partial charge in [0.05, 0.1) is 12.3 Å². The molecule has 0 aromatic carbocycles. The molecule has 0 unspecified atom stereocenters. The number of hydrogen-bond acceptors (Lipinski definition) is 4. The third-order valence-corrected chi connectivity index (χ3v) is 4.29. The van der Waals surface area contributed by atoms with Gasteiger partial charge in [-0.1, -0.05) is 6.92 Å². The van der Waals surface area contributed by atoms with E-state index in [9.17, 15) is 18.0 Å². The molecule has 0 rings (SSSR count). The lowest BCUT2D eigenvalue weighted by Gasteiger charge is -2.20. The van der Waals surface area contributed by atoms with Crippen LogP contribution in [0.5, 0.6) is 0 Å². The maximum absolute atomic E-state index is 11.9. The van der Waals surface area contributed by atoms with E-state index in [0.717, 1.165) is 4.31 Å². The SMILES string of the molecule is CCN(CC(=O)NC(C)C)S(=O)(=O)CCCC(=O)O.